The molecule has 1 saturated heterocycles. The maximum absolute atomic E-state index is 11.3. The van der Waals surface area contributed by atoms with Crippen LogP contribution in [0.15, 0.2) is 0 Å². The number of carbonyl (C=O) groups is 1. The van der Waals surface area contributed by atoms with Gasteiger partial charge in [-0.1, -0.05) is 6.92 Å². The number of β-amino-alcohol motifs (C(OH)–C–C–N with tert-alkyl or cyclic N) is 1. The van der Waals surface area contributed by atoms with Gasteiger partial charge in [0.25, 0.3) is 0 Å². The molecule has 1 heterocycles. The van der Waals surface area contributed by atoms with Crippen LogP contribution in [0.25, 0.3) is 0 Å². The summed E-state index contributed by atoms with van der Waals surface area (Å²) in [5.41, 5.74) is 0. The lowest BCUT2D eigenvalue weighted by Crippen LogP contribution is -2.47. The van der Waals surface area contributed by atoms with E-state index in [1.165, 1.54) is 0 Å². The van der Waals surface area contributed by atoms with Gasteiger partial charge in [0.05, 0.1) is 12.7 Å². The molecule has 0 aromatic rings. The zero-order valence-corrected chi connectivity index (χ0v) is 9.24. The van der Waals surface area contributed by atoms with Crippen LogP contribution < -0.4 is 5.32 Å². The monoisotopic (exact) mass is 216 g/mol. The number of ether oxygens (including phenoxy) is 1. The molecule has 0 bridgehead atoms. The fourth-order valence-corrected chi connectivity index (χ4v) is 1.51. The van der Waals surface area contributed by atoms with E-state index < -0.39 is 6.10 Å². The lowest BCUT2D eigenvalue weighted by Gasteiger charge is -2.28. The molecule has 88 valence electrons. The van der Waals surface area contributed by atoms with Crippen LogP contribution >= 0.6 is 0 Å². The minimum Gasteiger partial charge on any atom is -0.390 e. The molecular weight excluding hydrogens is 196 g/mol. The smallest absolute Gasteiger partial charge is 0.248 e. The van der Waals surface area contributed by atoms with Gasteiger partial charge in [-0.3, -0.25) is 4.79 Å². The van der Waals surface area contributed by atoms with Gasteiger partial charge >= 0.3 is 0 Å². The Balaban J connectivity index is 2.17. The molecule has 0 aromatic carbocycles. The third-order valence-corrected chi connectivity index (χ3v) is 2.32. The highest BCUT2D eigenvalue weighted by Gasteiger charge is 2.20. The zero-order valence-electron chi connectivity index (χ0n) is 9.24. The number of carbonyl (C=O) groups excluding carboxylic acids is 1. The van der Waals surface area contributed by atoms with Crippen molar-refractivity contribution >= 4 is 5.91 Å². The largest absolute Gasteiger partial charge is 0.390 e. The zero-order chi connectivity index (χ0) is 11.1. The molecule has 1 aliphatic heterocycles. The first-order valence-electron chi connectivity index (χ1n) is 5.48. The number of rotatable bonds is 6. The van der Waals surface area contributed by atoms with Crippen molar-refractivity contribution in [2.24, 2.45) is 0 Å². The van der Waals surface area contributed by atoms with Gasteiger partial charge in [0.2, 0.25) is 5.91 Å². The van der Waals surface area contributed by atoms with Crippen LogP contribution in [0, 0.1) is 0 Å². The Morgan fingerprint density at radius 1 is 1.67 bits per heavy atom. The highest BCUT2D eigenvalue weighted by molar-refractivity contribution is 5.78. The molecule has 1 fully saturated rings. The molecular formula is C10H20N2O3. The Hall–Kier alpha value is -0.650. The van der Waals surface area contributed by atoms with Gasteiger partial charge in [-0.05, 0) is 13.0 Å². The molecule has 5 heteroatoms. The summed E-state index contributed by atoms with van der Waals surface area (Å²) in [5.74, 6) is -0.0317. The number of aliphatic hydroxyl groups excluding tert-OH is 1. The molecule has 1 rings (SSSR count). The third-order valence-electron chi connectivity index (χ3n) is 2.32. The quantitative estimate of drug-likeness (QED) is 0.571. The molecule has 2 N–H and O–H groups in total. The summed E-state index contributed by atoms with van der Waals surface area (Å²) in [6.07, 6.45) is 0.557. The van der Waals surface area contributed by atoms with Crippen LogP contribution in [0.4, 0.5) is 0 Å². The van der Waals surface area contributed by atoms with Crippen molar-refractivity contribution in [3.63, 3.8) is 0 Å². The second-order valence-electron chi connectivity index (χ2n) is 3.75. The number of nitrogens with zero attached hydrogens (tertiary/aromatic N) is 1. The molecule has 0 aliphatic carbocycles. The van der Waals surface area contributed by atoms with Crippen LogP contribution in [0.2, 0.25) is 0 Å². The fourth-order valence-electron chi connectivity index (χ4n) is 1.51. The first kappa shape index (κ1) is 12.4. The van der Waals surface area contributed by atoms with E-state index in [9.17, 15) is 9.90 Å². The van der Waals surface area contributed by atoms with E-state index in [1.807, 2.05) is 0 Å². The Bertz CT molecular complexity index is 199. The Morgan fingerprint density at radius 2 is 2.47 bits per heavy atom. The van der Waals surface area contributed by atoms with E-state index >= 15 is 0 Å². The van der Waals surface area contributed by atoms with Crippen molar-refractivity contribution in [3.8, 4) is 0 Å². The highest BCUT2D eigenvalue weighted by Crippen LogP contribution is 2.00. The SMILES string of the molecule is CCCNCC(O)CN1CCOCC1=O. The third kappa shape index (κ3) is 4.59. The Labute approximate surface area is 90.4 Å². The molecule has 1 aliphatic rings. The number of nitrogens with one attached hydrogen (secondary N) is 1. The summed E-state index contributed by atoms with van der Waals surface area (Å²) in [6.45, 7) is 5.22. The molecule has 5 nitrogen and oxygen atoms in total. The summed E-state index contributed by atoms with van der Waals surface area (Å²) in [6, 6.07) is 0. The second kappa shape index (κ2) is 6.76. The van der Waals surface area contributed by atoms with Crippen molar-refractivity contribution in [2.75, 3.05) is 39.4 Å². The number of aliphatic hydroxyl groups is 1. The summed E-state index contributed by atoms with van der Waals surface area (Å²) >= 11 is 0. The van der Waals surface area contributed by atoms with Crippen molar-refractivity contribution < 1.29 is 14.6 Å². The van der Waals surface area contributed by atoms with Gasteiger partial charge in [0.15, 0.2) is 0 Å². The van der Waals surface area contributed by atoms with Crippen LogP contribution in [0.3, 0.4) is 0 Å². The van der Waals surface area contributed by atoms with Gasteiger partial charge in [-0.15, -0.1) is 0 Å². The second-order valence-corrected chi connectivity index (χ2v) is 3.75. The van der Waals surface area contributed by atoms with E-state index in [0.29, 0.717) is 26.2 Å². The van der Waals surface area contributed by atoms with Crippen LogP contribution in [-0.2, 0) is 9.53 Å². The van der Waals surface area contributed by atoms with Crippen LogP contribution in [-0.4, -0.2) is 61.4 Å². The van der Waals surface area contributed by atoms with Gasteiger partial charge < -0.3 is 20.1 Å². The summed E-state index contributed by atoms with van der Waals surface area (Å²) in [5, 5.41) is 12.8. The van der Waals surface area contributed by atoms with Crippen molar-refractivity contribution in [2.45, 2.75) is 19.4 Å². The van der Waals surface area contributed by atoms with Crippen molar-refractivity contribution in [1.29, 1.82) is 0 Å². The lowest BCUT2D eigenvalue weighted by molar-refractivity contribution is -0.144. The molecule has 1 unspecified atom stereocenters. The molecule has 0 spiro atoms. The van der Waals surface area contributed by atoms with Gasteiger partial charge in [-0.2, -0.15) is 0 Å². The average Bonchev–Trinajstić information content (AvgIpc) is 2.22. The number of hydrogen-bond donors (Lipinski definition) is 2. The first-order chi connectivity index (χ1) is 7.24. The van der Waals surface area contributed by atoms with E-state index in [-0.39, 0.29) is 12.5 Å². The normalized spacial score (nSPS) is 19.3. The fraction of sp³-hybridized carbons (Fsp3) is 0.900. The molecule has 15 heavy (non-hydrogen) atoms. The van der Waals surface area contributed by atoms with Gasteiger partial charge in [-0.25, -0.2) is 0 Å². The van der Waals surface area contributed by atoms with E-state index in [2.05, 4.69) is 12.2 Å². The first-order valence-corrected chi connectivity index (χ1v) is 5.48. The van der Waals surface area contributed by atoms with E-state index in [4.69, 9.17) is 4.74 Å². The van der Waals surface area contributed by atoms with Gasteiger partial charge in [0, 0.05) is 19.6 Å². The lowest BCUT2D eigenvalue weighted by atomic mass is 10.3. The Morgan fingerprint density at radius 3 is 3.13 bits per heavy atom. The standard InChI is InChI=1S/C10H20N2O3/c1-2-3-11-6-9(13)7-12-4-5-15-8-10(12)14/h9,11,13H,2-8H2,1H3. The van der Waals surface area contributed by atoms with Crippen LogP contribution in [0.1, 0.15) is 13.3 Å². The highest BCUT2D eigenvalue weighted by atomic mass is 16.5. The molecule has 0 radical (unpaired) electrons. The minimum absolute atomic E-state index is 0.0317. The Kier molecular flexibility index (Phi) is 5.60. The minimum atomic E-state index is -0.487. The molecule has 0 saturated carbocycles. The predicted octanol–water partition coefficient (Wildman–Crippen LogP) is -0.794. The average molecular weight is 216 g/mol. The number of amides is 1. The van der Waals surface area contributed by atoms with Crippen molar-refractivity contribution in [1.82, 2.24) is 10.2 Å². The molecule has 1 amide bonds. The van der Waals surface area contributed by atoms with E-state index in [1.54, 1.807) is 4.90 Å². The van der Waals surface area contributed by atoms with E-state index in [0.717, 1.165) is 13.0 Å². The summed E-state index contributed by atoms with van der Waals surface area (Å²) < 4.78 is 5.00. The topological polar surface area (TPSA) is 61.8 Å². The molecule has 0 aromatic heterocycles. The van der Waals surface area contributed by atoms with Gasteiger partial charge in [0.1, 0.15) is 6.61 Å². The molecule has 1 atom stereocenters. The summed E-state index contributed by atoms with van der Waals surface area (Å²) in [4.78, 5) is 13.0. The summed E-state index contributed by atoms with van der Waals surface area (Å²) in [7, 11) is 0. The van der Waals surface area contributed by atoms with Crippen molar-refractivity contribution in [3.05, 3.63) is 0 Å². The van der Waals surface area contributed by atoms with Crippen LogP contribution in [0.5, 0.6) is 0 Å². The maximum atomic E-state index is 11.3. The number of hydrogen-bond acceptors (Lipinski definition) is 4. The number of morpholine rings is 1. The predicted molar refractivity (Wildman–Crippen MR) is 56.6 cm³/mol. The maximum Gasteiger partial charge on any atom is 0.248 e.